The van der Waals surface area contributed by atoms with Gasteiger partial charge in [-0.05, 0) is 13.8 Å². The molecule has 21 heteroatoms. The molecule has 7 atom stereocenters. The number of aliphatic hydroxyl groups is 1. The number of phosphoric acid groups is 3. The van der Waals surface area contributed by atoms with Crippen LogP contribution in [0.2, 0.25) is 0 Å². The Bertz CT molecular complexity index is 1160. The van der Waals surface area contributed by atoms with Crippen molar-refractivity contribution in [1.82, 2.24) is 14.5 Å². The van der Waals surface area contributed by atoms with Crippen LogP contribution in [0, 0.1) is 11.8 Å². The molecule has 186 valence electrons. The number of nitrogen functional groups attached to an aromatic ring is 1. The molecule has 0 saturated carbocycles. The van der Waals surface area contributed by atoms with Crippen LogP contribution in [0.15, 0.2) is 11.1 Å². The summed E-state index contributed by atoms with van der Waals surface area (Å²) in [6.45, 7) is 2.15. The zero-order valence-electron chi connectivity index (χ0n) is 16.5. The maximum atomic E-state index is 15.6. The second-order valence-corrected chi connectivity index (χ2v) is 10.7. The molecule has 0 radical (unpaired) electrons. The molecule has 0 aliphatic carbocycles. The van der Waals surface area contributed by atoms with Crippen molar-refractivity contribution in [2.75, 3.05) is 5.73 Å². The minimum Gasteiger partial charge on any atom is -0.386 e. The number of ether oxygens (including phenoxy) is 1. The lowest BCUT2D eigenvalue weighted by Gasteiger charge is -2.25. The molecule has 0 aromatic carbocycles. The van der Waals surface area contributed by atoms with Gasteiger partial charge >= 0.3 is 29.2 Å². The highest BCUT2D eigenvalue weighted by atomic mass is 31.3. The molecule has 0 bridgehead atoms. The van der Waals surface area contributed by atoms with Gasteiger partial charge in [0.15, 0.2) is 6.23 Å². The van der Waals surface area contributed by atoms with Gasteiger partial charge < -0.3 is 35.2 Å². The van der Waals surface area contributed by atoms with E-state index in [2.05, 4.69) is 29.0 Å². The second kappa shape index (κ2) is 9.59. The van der Waals surface area contributed by atoms with Gasteiger partial charge in [-0.25, -0.2) is 27.9 Å². The van der Waals surface area contributed by atoms with Crippen molar-refractivity contribution in [3.63, 3.8) is 0 Å². The average Bonchev–Trinajstić information content (AvgIpc) is 2.83. The van der Waals surface area contributed by atoms with Crippen LogP contribution >= 0.6 is 23.5 Å². The van der Waals surface area contributed by atoms with E-state index in [0.717, 1.165) is 13.3 Å². The predicted molar refractivity (Wildman–Crippen MR) is 102 cm³/mol. The summed E-state index contributed by atoms with van der Waals surface area (Å²) >= 11 is 0. The first kappa shape index (κ1) is 27.7. The molecule has 1 aliphatic rings. The number of rotatable bonds is 8. The number of nitrogens with two attached hydrogens (primary N) is 1. The summed E-state index contributed by atoms with van der Waals surface area (Å²) in [5.74, 6) is 3.77. The van der Waals surface area contributed by atoms with E-state index < -0.39 is 65.3 Å². The third-order valence-electron chi connectivity index (χ3n) is 3.88. The predicted octanol–water partition coefficient (Wildman–Crippen LogP) is -1.06. The summed E-state index contributed by atoms with van der Waals surface area (Å²) in [5.41, 5.74) is 1.13. The van der Waals surface area contributed by atoms with E-state index in [1.54, 1.807) is 0 Å². The number of hydrogen-bond donors (Lipinski definition) is 6. The van der Waals surface area contributed by atoms with E-state index >= 15 is 4.39 Å². The fourth-order valence-electron chi connectivity index (χ4n) is 2.76. The first-order valence-corrected chi connectivity index (χ1v) is 12.9. The molecule has 2 rings (SSSR count). The lowest BCUT2D eigenvalue weighted by Crippen LogP contribution is -2.45. The normalized spacial score (nSPS) is 30.0. The van der Waals surface area contributed by atoms with Crippen LogP contribution in [0.3, 0.4) is 0 Å². The van der Waals surface area contributed by atoms with Gasteiger partial charge in [-0.1, -0.05) is 5.92 Å². The summed E-state index contributed by atoms with van der Waals surface area (Å²) in [4.78, 5) is 54.8. The molecule has 1 aliphatic heterocycles. The Balaban J connectivity index is 2.31. The number of aromatic nitrogens is 3. The number of phosphoric ester groups is 1. The number of anilines is 1. The SMILES string of the molecule is CC#C[C@@]1(F)C(n2cnc(N)nc2=O)O[C@H]([C@H](C)OP(=O)(O)OP(=O)(O)OP(=O)(O)O)[C@@H]1O. The van der Waals surface area contributed by atoms with E-state index in [-0.39, 0.29) is 0 Å². The van der Waals surface area contributed by atoms with Gasteiger partial charge in [-0.3, -0.25) is 9.09 Å². The Kier molecular flexibility index (Phi) is 8.04. The van der Waals surface area contributed by atoms with Crippen LogP contribution in [-0.2, 0) is 31.6 Å². The standard InChI is InChI=1S/C12H18FN4O13P3/c1-3-4-12(13)8(18)7(27-9(12)17-5-15-10(14)16-11(17)19)6(2)28-32(23,24)30-33(25,26)29-31(20,21)22/h5-9,18H,1-2H3,(H,23,24)(H,25,26)(H2,14,16,19)(H2,20,21,22)/t6-,7+,8-,9?,12-/m0/s1. The molecule has 1 fully saturated rings. The second-order valence-electron chi connectivity index (χ2n) is 6.35. The molecule has 17 nitrogen and oxygen atoms in total. The van der Waals surface area contributed by atoms with E-state index in [4.69, 9.17) is 20.3 Å². The fourth-order valence-corrected chi connectivity index (χ4v) is 5.96. The highest BCUT2D eigenvalue weighted by Gasteiger charge is 2.60. The van der Waals surface area contributed by atoms with Gasteiger partial charge in [0.05, 0.1) is 6.10 Å². The summed E-state index contributed by atoms with van der Waals surface area (Å²) in [6, 6.07) is 0. The molecule has 3 unspecified atom stereocenters. The maximum absolute atomic E-state index is 15.6. The highest BCUT2D eigenvalue weighted by Crippen LogP contribution is 2.66. The Morgan fingerprint density at radius 2 is 1.88 bits per heavy atom. The van der Waals surface area contributed by atoms with Gasteiger partial charge in [-0.15, -0.1) is 5.92 Å². The van der Waals surface area contributed by atoms with Gasteiger partial charge in [-0.2, -0.15) is 13.6 Å². The van der Waals surface area contributed by atoms with Crippen molar-refractivity contribution in [1.29, 1.82) is 0 Å². The van der Waals surface area contributed by atoms with Gasteiger partial charge in [0, 0.05) is 0 Å². The smallest absolute Gasteiger partial charge is 0.386 e. The molecule has 1 aromatic heterocycles. The Morgan fingerprint density at radius 1 is 1.27 bits per heavy atom. The minimum atomic E-state index is -5.82. The van der Waals surface area contributed by atoms with Gasteiger partial charge in [0.25, 0.3) is 0 Å². The van der Waals surface area contributed by atoms with Crippen LogP contribution in [0.4, 0.5) is 10.3 Å². The largest absolute Gasteiger partial charge is 0.490 e. The fraction of sp³-hybridized carbons (Fsp3) is 0.583. The number of hydrogen-bond acceptors (Lipinski definition) is 12. The minimum absolute atomic E-state index is 0.446. The van der Waals surface area contributed by atoms with Crippen LogP contribution < -0.4 is 11.4 Å². The average molecular weight is 538 g/mol. The summed E-state index contributed by atoms with van der Waals surface area (Å²) in [5, 5.41) is 10.5. The topological polar surface area (TPSA) is 263 Å². The summed E-state index contributed by atoms with van der Waals surface area (Å²) < 4.78 is 67.2. The van der Waals surface area contributed by atoms with E-state index in [1.165, 1.54) is 6.92 Å². The van der Waals surface area contributed by atoms with Crippen molar-refractivity contribution >= 4 is 29.4 Å². The van der Waals surface area contributed by atoms with Crippen LogP contribution in [0.5, 0.6) is 0 Å². The first-order valence-electron chi connectivity index (χ1n) is 8.40. The summed E-state index contributed by atoms with van der Waals surface area (Å²) in [6.07, 6.45) is -7.14. The molecular formula is C12H18FN4O13P3. The third kappa shape index (κ3) is 6.74. The Hall–Kier alpha value is -1.57. The Labute approximate surface area is 183 Å². The molecule has 2 heterocycles. The molecule has 1 saturated heterocycles. The van der Waals surface area contributed by atoms with Gasteiger partial charge in [0.1, 0.15) is 18.5 Å². The molecular weight excluding hydrogens is 520 g/mol. The maximum Gasteiger partial charge on any atom is 0.490 e. The van der Waals surface area contributed by atoms with Gasteiger partial charge in [0.2, 0.25) is 11.6 Å². The number of aliphatic hydroxyl groups excluding tert-OH is 1. The van der Waals surface area contributed by atoms with Crippen molar-refractivity contribution in [2.45, 2.75) is 44.1 Å². The van der Waals surface area contributed by atoms with Crippen molar-refractivity contribution in [2.24, 2.45) is 0 Å². The molecule has 0 amide bonds. The van der Waals surface area contributed by atoms with Crippen LogP contribution in [-0.4, -0.2) is 63.2 Å². The van der Waals surface area contributed by atoms with E-state index in [0.29, 0.717) is 4.57 Å². The van der Waals surface area contributed by atoms with Crippen molar-refractivity contribution in [3.05, 3.63) is 16.8 Å². The first-order chi connectivity index (χ1) is 14.9. The third-order valence-corrected chi connectivity index (χ3v) is 7.81. The van der Waals surface area contributed by atoms with Crippen molar-refractivity contribution in [3.8, 4) is 11.8 Å². The molecule has 0 spiro atoms. The number of alkyl halides is 1. The Morgan fingerprint density at radius 3 is 2.39 bits per heavy atom. The quantitative estimate of drug-likeness (QED) is 0.170. The lowest BCUT2D eigenvalue weighted by atomic mass is 9.94. The number of halogens is 1. The molecule has 33 heavy (non-hydrogen) atoms. The molecule has 1 aromatic rings. The van der Waals surface area contributed by atoms with E-state index in [1.807, 2.05) is 5.92 Å². The van der Waals surface area contributed by atoms with Crippen molar-refractivity contribution < 1.29 is 60.6 Å². The lowest BCUT2D eigenvalue weighted by molar-refractivity contribution is -0.0784. The van der Waals surface area contributed by atoms with Crippen LogP contribution in [0.25, 0.3) is 0 Å². The number of nitrogens with zero attached hydrogens (tertiary/aromatic N) is 3. The molecule has 7 N–H and O–H groups in total. The zero-order chi connectivity index (χ0) is 25.4. The highest BCUT2D eigenvalue weighted by molar-refractivity contribution is 7.66. The monoisotopic (exact) mass is 538 g/mol. The summed E-state index contributed by atoms with van der Waals surface area (Å²) in [7, 11) is -17.1. The zero-order valence-corrected chi connectivity index (χ0v) is 19.2. The van der Waals surface area contributed by atoms with E-state index in [9.17, 15) is 33.4 Å². The van der Waals surface area contributed by atoms with Crippen LogP contribution in [0.1, 0.15) is 20.1 Å².